The number of benzene rings is 1. The van der Waals surface area contributed by atoms with Gasteiger partial charge in [-0.25, -0.2) is 0 Å². The molecule has 0 N–H and O–H groups in total. The molecule has 2 rings (SSSR count). The number of furan rings is 1. The first-order chi connectivity index (χ1) is 7.58. The third kappa shape index (κ3) is 2.37. The largest absolute Gasteiger partial charge is 0.469 e. The second-order valence-corrected chi connectivity index (χ2v) is 4.80. The van der Waals surface area contributed by atoms with E-state index in [0.29, 0.717) is 10.0 Å². The Labute approximate surface area is 109 Å². The fraction of sp³-hybridized carbons (Fsp3) is 0.167. The third-order valence-corrected chi connectivity index (χ3v) is 3.33. The summed E-state index contributed by atoms with van der Waals surface area (Å²) in [6.07, 6.45) is 1.64. The highest BCUT2D eigenvalue weighted by Gasteiger charge is 2.16. The van der Waals surface area contributed by atoms with Crippen LogP contribution in [0.2, 0.25) is 10.0 Å². The lowest BCUT2D eigenvalue weighted by atomic mass is 10.1. The van der Waals surface area contributed by atoms with Crippen LogP contribution >= 0.6 is 34.8 Å². The van der Waals surface area contributed by atoms with E-state index in [-0.39, 0.29) is 5.38 Å². The van der Waals surface area contributed by atoms with E-state index in [9.17, 15) is 0 Å². The third-order valence-electron chi connectivity index (χ3n) is 2.28. The van der Waals surface area contributed by atoms with Crippen molar-refractivity contribution in [2.45, 2.75) is 12.3 Å². The molecule has 1 aromatic carbocycles. The van der Waals surface area contributed by atoms with Gasteiger partial charge in [0.15, 0.2) is 0 Å². The van der Waals surface area contributed by atoms with E-state index < -0.39 is 0 Å². The molecule has 0 fully saturated rings. The maximum absolute atomic E-state index is 6.32. The molecule has 1 unspecified atom stereocenters. The van der Waals surface area contributed by atoms with Crippen molar-refractivity contribution in [1.82, 2.24) is 0 Å². The molecule has 1 heterocycles. The Hall–Kier alpha value is -0.630. The molecule has 1 aromatic heterocycles. The van der Waals surface area contributed by atoms with Gasteiger partial charge in [0, 0.05) is 15.6 Å². The minimum absolute atomic E-state index is 0.317. The van der Waals surface area contributed by atoms with Crippen LogP contribution in [-0.2, 0) is 0 Å². The Bertz CT molecular complexity index is 505. The molecule has 1 atom stereocenters. The second-order valence-electron chi connectivity index (χ2n) is 3.52. The van der Waals surface area contributed by atoms with Gasteiger partial charge in [-0.3, -0.25) is 0 Å². The first kappa shape index (κ1) is 11.8. The summed E-state index contributed by atoms with van der Waals surface area (Å²) in [6, 6.07) is 7.17. The van der Waals surface area contributed by atoms with Crippen molar-refractivity contribution in [3.8, 4) is 0 Å². The first-order valence-electron chi connectivity index (χ1n) is 4.72. The van der Waals surface area contributed by atoms with Gasteiger partial charge in [0.25, 0.3) is 0 Å². The van der Waals surface area contributed by atoms with E-state index in [1.165, 1.54) is 0 Å². The van der Waals surface area contributed by atoms with Gasteiger partial charge in [0.05, 0.1) is 11.6 Å². The average molecular weight is 276 g/mol. The van der Waals surface area contributed by atoms with Crippen LogP contribution in [0.3, 0.4) is 0 Å². The molecular weight excluding hydrogens is 266 g/mol. The summed E-state index contributed by atoms with van der Waals surface area (Å²) in [4.78, 5) is 0. The highest BCUT2D eigenvalue weighted by molar-refractivity contribution is 6.36. The van der Waals surface area contributed by atoms with Gasteiger partial charge < -0.3 is 4.42 Å². The fourth-order valence-electron chi connectivity index (χ4n) is 1.48. The average Bonchev–Trinajstić information content (AvgIpc) is 2.64. The van der Waals surface area contributed by atoms with Crippen molar-refractivity contribution < 1.29 is 4.42 Å². The second kappa shape index (κ2) is 4.70. The van der Waals surface area contributed by atoms with E-state index in [2.05, 4.69) is 0 Å². The van der Waals surface area contributed by atoms with Crippen LogP contribution in [0.15, 0.2) is 34.9 Å². The van der Waals surface area contributed by atoms with Crippen LogP contribution < -0.4 is 0 Å². The van der Waals surface area contributed by atoms with Crippen LogP contribution in [-0.4, -0.2) is 0 Å². The minimum atomic E-state index is -0.317. The van der Waals surface area contributed by atoms with Crippen LogP contribution in [0.25, 0.3) is 0 Å². The summed E-state index contributed by atoms with van der Waals surface area (Å²) in [5.41, 5.74) is 1.72. The molecule has 2 aromatic rings. The van der Waals surface area contributed by atoms with E-state index in [4.69, 9.17) is 39.2 Å². The highest BCUT2D eigenvalue weighted by atomic mass is 35.5. The fourth-order valence-corrected chi connectivity index (χ4v) is 2.36. The predicted molar refractivity (Wildman–Crippen MR) is 67.6 cm³/mol. The van der Waals surface area contributed by atoms with Gasteiger partial charge in [-0.05, 0) is 30.7 Å². The molecule has 1 nitrogen and oxygen atoms in total. The number of alkyl halides is 1. The molecule has 4 heteroatoms. The van der Waals surface area contributed by atoms with Gasteiger partial charge in [-0.2, -0.15) is 0 Å². The lowest BCUT2D eigenvalue weighted by molar-refractivity contribution is 0.532. The zero-order chi connectivity index (χ0) is 11.7. The number of halogens is 3. The van der Waals surface area contributed by atoms with Gasteiger partial charge in [0.2, 0.25) is 0 Å². The smallest absolute Gasteiger partial charge is 0.101 e. The van der Waals surface area contributed by atoms with Crippen molar-refractivity contribution >= 4 is 34.8 Å². The molecule has 0 aliphatic rings. The molecular formula is C12H9Cl3O. The van der Waals surface area contributed by atoms with Gasteiger partial charge in [-0.15, -0.1) is 11.6 Å². The van der Waals surface area contributed by atoms with Crippen LogP contribution in [0.4, 0.5) is 0 Å². The number of rotatable bonds is 2. The van der Waals surface area contributed by atoms with E-state index in [1.807, 2.05) is 19.1 Å². The lowest BCUT2D eigenvalue weighted by Gasteiger charge is -2.09. The molecule has 0 saturated heterocycles. The van der Waals surface area contributed by atoms with Crippen LogP contribution in [0.5, 0.6) is 0 Å². The maximum Gasteiger partial charge on any atom is 0.101 e. The van der Waals surface area contributed by atoms with Crippen LogP contribution in [0, 0.1) is 6.92 Å². The van der Waals surface area contributed by atoms with Crippen molar-refractivity contribution in [3.05, 3.63) is 57.5 Å². The summed E-state index contributed by atoms with van der Waals surface area (Å²) in [6.45, 7) is 1.87. The van der Waals surface area contributed by atoms with E-state index >= 15 is 0 Å². The van der Waals surface area contributed by atoms with Crippen LogP contribution in [0.1, 0.15) is 22.3 Å². The number of hydrogen-bond donors (Lipinski definition) is 0. The molecule has 0 bridgehead atoms. The van der Waals surface area contributed by atoms with Crippen molar-refractivity contribution in [3.63, 3.8) is 0 Å². The summed E-state index contributed by atoms with van der Waals surface area (Å²) in [7, 11) is 0. The summed E-state index contributed by atoms with van der Waals surface area (Å²) < 4.78 is 5.22. The molecule has 0 aliphatic carbocycles. The SMILES string of the molecule is Cc1cc(C(Cl)c2ccc(Cl)cc2Cl)co1. The molecule has 0 saturated carbocycles. The van der Waals surface area contributed by atoms with Gasteiger partial charge in [0.1, 0.15) is 5.76 Å². The zero-order valence-electron chi connectivity index (χ0n) is 8.51. The molecule has 84 valence electrons. The lowest BCUT2D eigenvalue weighted by Crippen LogP contribution is -1.92. The molecule has 0 radical (unpaired) electrons. The molecule has 0 amide bonds. The Morgan fingerprint density at radius 2 is 1.94 bits per heavy atom. The Kier molecular flexibility index (Phi) is 3.48. The van der Waals surface area contributed by atoms with Crippen molar-refractivity contribution in [2.24, 2.45) is 0 Å². The number of hydrogen-bond acceptors (Lipinski definition) is 1. The summed E-state index contributed by atoms with van der Waals surface area (Å²) in [5.74, 6) is 0.825. The number of aryl methyl sites for hydroxylation is 1. The Morgan fingerprint density at radius 1 is 1.19 bits per heavy atom. The zero-order valence-corrected chi connectivity index (χ0v) is 10.8. The normalized spacial score (nSPS) is 12.8. The highest BCUT2D eigenvalue weighted by Crippen LogP contribution is 2.35. The topological polar surface area (TPSA) is 13.1 Å². The molecule has 0 aliphatic heterocycles. The standard InChI is InChI=1S/C12H9Cl3O/c1-7-4-8(6-16-7)12(15)10-3-2-9(13)5-11(10)14/h2-6,12H,1H3. The summed E-state index contributed by atoms with van der Waals surface area (Å²) in [5, 5.41) is 0.842. The minimum Gasteiger partial charge on any atom is -0.469 e. The molecule has 0 spiro atoms. The quantitative estimate of drug-likeness (QED) is 0.685. The van der Waals surface area contributed by atoms with Crippen molar-refractivity contribution in [1.29, 1.82) is 0 Å². The monoisotopic (exact) mass is 274 g/mol. The van der Waals surface area contributed by atoms with E-state index in [0.717, 1.165) is 16.9 Å². The maximum atomic E-state index is 6.32. The van der Waals surface area contributed by atoms with Gasteiger partial charge in [-0.1, -0.05) is 29.3 Å². The predicted octanol–water partition coefficient (Wildman–Crippen LogP) is 5.22. The van der Waals surface area contributed by atoms with Crippen molar-refractivity contribution in [2.75, 3.05) is 0 Å². The Balaban J connectivity index is 2.37. The molecule has 16 heavy (non-hydrogen) atoms. The first-order valence-corrected chi connectivity index (χ1v) is 5.91. The Morgan fingerprint density at radius 3 is 2.50 bits per heavy atom. The van der Waals surface area contributed by atoms with E-state index in [1.54, 1.807) is 18.4 Å². The van der Waals surface area contributed by atoms with Gasteiger partial charge >= 0.3 is 0 Å². The summed E-state index contributed by atoms with van der Waals surface area (Å²) >= 11 is 18.2.